The lowest BCUT2D eigenvalue weighted by Crippen LogP contribution is -2.40. The van der Waals surface area contributed by atoms with Gasteiger partial charge in [-0.05, 0) is 39.7 Å². The summed E-state index contributed by atoms with van der Waals surface area (Å²) in [7, 11) is 1.80. The van der Waals surface area contributed by atoms with Crippen molar-refractivity contribution in [2.75, 3.05) is 18.0 Å². The van der Waals surface area contributed by atoms with Crippen LogP contribution in [0.3, 0.4) is 0 Å². The van der Waals surface area contributed by atoms with E-state index in [1.807, 2.05) is 46.4 Å². The molecule has 1 fully saturated rings. The number of nitro groups is 1. The van der Waals surface area contributed by atoms with Gasteiger partial charge in [0.05, 0.1) is 21.9 Å². The fourth-order valence-electron chi connectivity index (χ4n) is 3.46. The second kappa shape index (κ2) is 8.67. The number of nitrogens with one attached hydrogen (secondary N) is 1. The highest BCUT2D eigenvalue weighted by molar-refractivity contribution is 5.98. The predicted octanol–water partition coefficient (Wildman–Crippen LogP) is 3.92. The quantitative estimate of drug-likeness (QED) is 0.613. The number of alkyl carbamates (subject to hydrolysis) is 1. The zero-order valence-corrected chi connectivity index (χ0v) is 18.3. The van der Waals surface area contributed by atoms with Crippen LogP contribution in [-0.2, 0) is 11.8 Å². The van der Waals surface area contributed by atoms with Crippen LogP contribution in [0.2, 0.25) is 0 Å². The minimum Gasteiger partial charge on any atom is -0.444 e. The Labute approximate surface area is 171 Å². The fourth-order valence-corrected chi connectivity index (χ4v) is 3.46. The largest absolute Gasteiger partial charge is 0.444 e. The number of hydrogen-bond donors (Lipinski definition) is 1. The Hall–Kier alpha value is -2.84. The summed E-state index contributed by atoms with van der Waals surface area (Å²) >= 11 is 0. The van der Waals surface area contributed by atoms with Crippen molar-refractivity contribution in [3.8, 4) is 0 Å². The van der Waals surface area contributed by atoms with Gasteiger partial charge < -0.3 is 15.0 Å². The van der Waals surface area contributed by atoms with Crippen LogP contribution in [0.25, 0.3) is 10.9 Å². The molecule has 1 aromatic heterocycles. The van der Waals surface area contributed by atoms with Gasteiger partial charge >= 0.3 is 6.09 Å². The molecule has 1 saturated heterocycles. The molecule has 1 N–H and O–H groups in total. The van der Waals surface area contributed by atoms with Crippen LogP contribution in [0.15, 0.2) is 12.3 Å². The van der Waals surface area contributed by atoms with Gasteiger partial charge in [0.25, 0.3) is 5.69 Å². The average Bonchev–Trinajstić information content (AvgIpc) is 3.21. The number of carbonyl (C=O) groups is 1. The standard InChI is InChI=1S/C18H25N5O4.C2H6/c1-11-8-14(23(25)26)16(13-10-21(5)20-15(11)13)22-7-6-12(9-22)19-17(24)27-18(2,3)4;1-2/h8,10,12H,6-7,9H2,1-5H3,(H,19,24);1-2H3/t12-;/m1./s1. The smallest absolute Gasteiger partial charge is 0.407 e. The van der Waals surface area contributed by atoms with Crippen LogP contribution in [0.5, 0.6) is 0 Å². The first-order valence-corrected chi connectivity index (χ1v) is 9.91. The molecule has 2 aromatic rings. The highest BCUT2D eigenvalue weighted by atomic mass is 16.6. The molecule has 9 heteroatoms. The van der Waals surface area contributed by atoms with E-state index in [1.165, 1.54) is 0 Å². The number of carbonyl (C=O) groups excluding carboxylic acids is 1. The molecule has 0 aliphatic carbocycles. The molecule has 0 bridgehead atoms. The van der Waals surface area contributed by atoms with Crippen molar-refractivity contribution >= 4 is 28.4 Å². The number of aryl methyl sites for hydroxylation is 2. The Morgan fingerprint density at radius 1 is 1.38 bits per heavy atom. The number of hydrogen-bond acceptors (Lipinski definition) is 6. The molecule has 0 unspecified atom stereocenters. The number of ether oxygens (including phenoxy) is 1. The van der Waals surface area contributed by atoms with E-state index in [1.54, 1.807) is 24.0 Å². The second-order valence-electron chi connectivity index (χ2n) is 7.96. The lowest BCUT2D eigenvalue weighted by atomic mass is 10.1. The van der Waals surface area contributed by atoms with E-state index in [0.29, 0.717) is 25.2 Å². The minimum atomic E-state index is -0.569. The zero-order chi connectivity index (χ0) is 21.9. The number of rotatable bonds is 3. The van der Waals surface area contributed by atoms with Gasteiger partial charge in [-0.2, -0.15) is 5.10 Å². The molecule has 9 nitrogen and oxygen atoms in total. The summed E-state index contributed by atoms with van der Waals surface area (Å²) < 4.78 is 6.97. The third-order valence-corrected chi connectivity index (χ3v) is 4.48. The second-order valence-corrected chi connectivity index (χ2v) is 7.96. The molecule has 1 aliphatic heterocycles. The first-order valence-electron chi connectivity index (χ1n) is 9.91. The van der Waals surface area contributed by atoms with Crippen molar-refractivity contribution in [2.45, 2.75) is 59.6 Å². The average molecular weight is 405 g/mol. The maximum atomic E-state index is 12.0. The molecule has 0 radical (unpaired) electrons. The Morgan fingerprint density at radius 2 is 2.03 bits per heavy atom. The number of anilines is 1. The molecule has 0 saturated carbocycles. The van der Waals surface area contributed by atoms with Crippen LogP contribution in [0.1, 0.15) is 46.6 Å². The van der Waals surface area contributed by atoms with Crippen molar-refractivity contribution in [1.29, 1.82) is 0 Å². The van der Waals surface area contributed by atoms with Gasteiger partial charge in [0.1, 0.15) is 11.3 Å². The predicted molar refractivity (Wildman–Crippen MR) is 113 cm³/mol. The van der Waals surface area contributed by atoms with Gasteiger partial charge in [0.15, 0.2) is 0 Å². The molecule has 2 heterocycles. The van der Waals surface area contributed by atoms with Gasteiger partial charge in [0.2, 0.25) is 0 Å². The summed E-state index contributed by atoms with van der Waals surface area (Å²) in [6, 6.07) is 1.44. The van der Waals surface area contributed by atoms with Crippen molar-refractivity contribution in [3.63, 3.8) is 0 Å². The SMILES string of the molecule is CC.Cc1cc([N+](=O)[O-])c(N2CC[C@@H](NC(=O)OC(C)(C)C)C2)c2cn(C)nc12. The van der Waals surface area contributed by atoms with Crippen molar-refractivity contribution in [3.05, 3.63) is 27.9 Å². The maximum Gasteiger partial charge on any atom is 0.407 e. The number of nitro benzene ring substituents is 1. The van der Waals surface area contributed by atoms with E-state index < -0.39 is 11.7 Å². The van der Waals surface area contributed by atoms with Crippen LogP contribution in [-0.4, -0.2) is 45.5 Å². The summed E-state index contributed by atoms with van der Waals surface area (Å²) in [5.41, 5.74) is 1.57. The third kappa shape index (κ3) is 5.16. The zero-order valence-electron chi connectivity index (χ0n) is 18.3. The molecule has 1 aromatic carbocycles. The van der Waals surface area contributed by atoms with Crippen LogP contribution < -0.4 is 10.2 Å². The number of benzene rings is 1. The molecular formula is C20H31N5O4. The van der Waals surface area contributed by atoms with Crippen molar-refractivity contribution in [1.82, 2.24) is 15.1 Å². The van der Waals surface area contributed by atoms with E-state index in [4.69, 9.17) is 4.74 Å². The number of fused-ring (bicyclic) bond motifs is 1. The van der Waals surface area contributed by atoms with Crippen molar-refractivity contribution in [2.24, 2.45) is 7.05 Å². The van der Waals surface area contributed by atoms with Crippen LogP contribution in [0.4, 0.5) is 16.2 Å². The summed E-state index contributed by atoms with van der Waals surface area (Å²) in [6.07, 6.45) is 2.02. The van der Waals surface area contributed by atoms with Gasteiger partial charge in [0, 0.05) is 32.4 Å². The number of amides is 1. The Balaban J connectivity index is 0.00000145. The van der Waals surface area contributed by atoms with Gasteiger partial charge in [-0.3, -0.25) is 14.8 Å². The van der Waals surface area contributed by atoms with Gasteiger partial charge in [-0.1, -0.05) is 13.8 Å². The maximum absolute atomic E-state index is 12.0. The summed E-state index contributed by atoms with van der Waals surface area (Å²) in [5.74, 6) is 0. The Morgan fingerprint density at radius 3 is 2.62 bits per heavy atom. The lowest BCUT2D eigenvalue weighted by Gasteiger charge is -2.22. The molecule has 160 valence electrons. The van der Waals surface area contributed by atoms with E-state index in [-0.39, 0.29) is 16.7 Å². The highest BCUT2D eigenvalue weighted by Gasteiger charge is 2.32. The van der Waals surface area contributed by atoms with E-state index in [9.17, 15) is 14.9 Å². The molecule has 3 rings (SSSR count). The molecular weight excluding hydrogens is 374 g/mol. The first-order chi connectivity index (χ1) is 13.5. The minimum absolute atomic E-state index is 0.0610. The lowest BCUT2D eigenvalue weighted by molar-refractivity contribution is -0.384. The normalized spacial score (nSPS) is 16.4. The number of nitrogens with zero attached hydrogens (tertiary/aromatic N) is 4. The molecule has 29 heavy (non-hydrogen) atoms. The summed E-state index contributed by atoms with van der Waals surface area (Å²) in [5, 5.41) is 19.7. The monoisotopic (exact) mass is 405 g/mol. The third-order valence-electron chi connectivity index (χ3n) is 4.48. The van der Waals surface area contributed by atoms with Crippen LogP contribution in [0, 0.1) is 17.0 Å². The van der Waals surface area contributed by atoms with E-state index >= 15 is 0 Å². The molecule has 0 spiro atoms. The highest BCUT2D eigenvalue weighted by Crippen LogP contribution is 2.39. The topological polar surface area (TPSA) is 103 Å². The van der Waals surface area contributed by atoms with Gasteiger partial charge in [-0.15, -0.1) is 0 Å². The number of aromatic nitrogens is 2. The fraction of sp³-hybridized carbons (Fsp3) is 0.600. The molecule has 1 atom stereocenters. The Kier molecular flexibility index (Phi) is 6.71. The van der Waals surface area contributed by atoms with E-state index in [2.05, 4.69) is 10.4 Å². The first kappa shape index (κ1) is 22.4. The van der Waals surface area contributed by atoms with Crippen LogP contribution >= 0.6 is 0 Å². The summed E-state index contributed by atoms with van der Waals surface area (Å²) in [6.45, 7) is 12.3. The molecule has 1 amide bonds. The Bertz CT molecular complexity index is 900. The van der Waals surface area contributed by atoms with E-state index in [0.717, 1.165) is 16.5 Å². The summed E-state index contributed by atoms with van der Waals surface area (Å²) in [4.78, 5) is 25.3. The van der Waals surface area contributed by atoms with Crippen molar-refractivity contribution < 1.29 is 14.5 Å². The van der Waals surface area contributed by atoms with Gasteiger partial charge in [-0.25, -0.2) is 4.79 Å². The molecule has 1 aliphatic rings.